The highest BCUT2D eigenvalue weighted by atomic mass is 19.1. The molecule has 0 radical (unpaired) electrons. The second-order valence-electron chi connectivity index (χ2n) is 8.10. The van der Waals surface area contributed by atoms with E-state index in [1.54, 1.807) is 24.1 Å². The van der Waals surface area contributed by atoms with Crippen LogP contribution >= 0.6 is 0 Å². The zero-order chi connectivity index (χ0) is 23.4. The van der Waals surface area contributed by atoms with Gasteiger partial charge < -0.3 is 19.9 Å². The molecular formula is C25H28FN5O2. The number of methoxy groups -OCH3 is 1. The Bertz CT molecular complexity index is 1130. The van der Waals surface area contributed by atoms with E-state index >= 15 is 0 Å². The number of anilines is 2. The van der Waals surface area contributed by atoms with E-state index in [-0.39, 0.29) is 11.8 Å². The van der Waals surface area contributed by atoms with Gasteiger partial charge in [0.05, 0.1) is 7.11 Å². The van der Waals surface area contributed by atoms with Crippen LogP contribution < -0.4 is 15.0 Å². The number of aryl methyl sites for hydroxylation is 2. The first-order chi connectivity index (χ1) is 15.9. The molecular weight excluding hydrogens is 421 g/mol. The van der Waals surface area contributed by atoms with Crippen LogP contribution in [0.5, 0.6) is 5.75 Å². The molecule has 1 saturated heterocycles. The monoisotopic (exact) mass is 449 g/mol. The summed E-state index contributed by atoms with van der Waals surface area (Å²) in [5.41, 5.74) is 3.48. The Morgan fingerprint density at radius 1 is 1.06 bits per heavy atom. The van der Waals surface area contributed by atoms with Crippen molar-refractivity contribution in [3.63, 3.8) is 0 Å². The van der Waals surface area contributed by atoms with Crippen molar-refractivity contribution in [2.45, 2.75) is 20.3 Å². The second-order valence-corrected chi connectivity index (χ2v) is 8.10. The Morgan fingerprint density at radius 2 is 1.79 bits per heavy atom. The lowest BCUT2D eigenvalue weighted by Gasteiger charge is -2.36. The molecule has 0 unspecified atom stereocenters. The third-order valence-corrected chi connectivity index (χ3v) is 5.78. The molecule has 0 bridgehead atoms. The van der Waals surface area contributed by atoms with Gasteiger partial charge in [0.25, 0.3) is 0 Å². The van der Waals surface area contributed by atoms with E-state index in [2.05, 4.69) is 15.2 Å². The number of carbonyl (C=O) groups excluding carboxylic acids is 1. The van der Waals surface area contributed by atoms with Crippen LogP contribution in [-0.2, 0) is 6.42 Å². The maximum Gasteiger partial charge on any atom is 0.321 e. The summed E-state index contributed by atoms with van der Waals surface area (Å²) in [5, 5.41) is 2.94. The number of nitrogens with one attached hydrogen (secondary N) is 1. The minimum absolute atomic E-state index is 0.130. The molecule has 1 aromatic heterocycles. The number of carbonyl (C=O) groups is 1. The van der Waals surface area contributed by atoms with Crippen LogP contribution in [0.3, 0.4) is 0 Å². The molecule has 1 fully saturated rings. The van der Waals surface area contributed by atoms with Crippen molar-refractivity contribution >= 4 is 17.5 Å². The van der Waals surface area contributed by atoms with Crippen molar-refractivity contribution in [3.8, 4) is 5.75 Å². The standard InChI is InChI=1S/C25H28FN5O2/c1-17-23(16-19-5-4-6-20(26)15-19)24(28-18(2)27-17)30-11-13-31(14-12-30)25(32)29-21-7-9-22(33-3)10-8-21/h4-10,15H,11-14,16H2,1-3H3,(H,29,32). The van der Waals surface area contributed by atoms with E-state index in [1.165, 1.54) is 6.07 Å². The molecule has 172 valence electrons. The van der Waals surface area contributed by atoms with Gasteiger partial charge >= 0.3 is 6.03 Å². The van der Waals surface area contributed by atoms with Crippen molar-refractivity contribution in [1.29, 1.82) is 0 Å². The van der Waals surface area contributed by atoms with Gasteiger partial charge in [-0.2, -0.15) is 0 Å². The van der Waals surface area contributed by atoms with Gasteiger partial charge in [-0.25, -0.2) is 19.2 Å². The summed E-state index contributed by atoms with van der Waals surface area (Å²) < 4.78 is 18.9. The highest BCUT2D eigenvalue weighted by Gasteiger charge is 2.25. The molecule has 2 heterocycles. The summed E-state index contributed by atoms with van der Waals surface area (Å²) in [7, 11) is 1.61. The largest absolute Gasteiger partial charge is 0.497 e. The number of aromatic nitrogens is 2. The third kappa shape index (κ3) is 5.39. The van der Waals surface area contributed by atoms with Gasteiger partial charge in [-0.3, -0.25) is 0 Å². The summed E-state index contributed by atoms with van der Waals surface area (Å²) in [6.45, 7) is 6.30. The van der Waals surface area contributed by atoms with Crippen LogP contribution in [0.15, 0.2) is 48.5 Å². The number of piperazine rings is 1. The Kier molecular flexibility index (Phi) is 6.72. The lowest BCUT2D eigenvalue weighted by Crippen LogP contribution is -2.50. The van der Waals surface area contributed by atoms with Gasteiger partial charge in [0.15, 0.2) is 0 Å². The van der Waals surface area contributed by atoms with Crippen molar-refractivity contribution in [1.82, 2.24) is 14.9 Å². The Hall–Kier alpha value is -3.68. The maximum atomic E-state index is 13.7. The maximum absolute atomic E-state index is 13.7. The van der Waals surface area contributed by atoms with Crippen molar-refractivity contribution < 1.29 is 13.9 Å². The average molecular weight is 450 g/mol. The lowest BCUT2D eigenvalue weighted by atomic mass is 10.0. The topological polar surface area (TPSA) is 70.6 Å². The van der Waals surface area contributed by atoms with Crippen LogP contribution in [0, 0.1) is 19.7 Å². The molecule has 0 atom stereocenters. The molecule has 2 aromatic carbocycles. The summed E-state index contributed by atoms with van der Waals surface area (Å²) in [6.07, 6.45) is 0.553. The number of urea groups is 1. The molecule has 8 heteroatoms. The summed E-state index contributed by atoms with van der Waals surface area (Å²) in [5.74, 6) is 2.05. The number of hydrogen-bond donors (Lipinski definition) is 1. The second kappa shape index (κ2) is 9.85. The molecule has 0 saturated carbocycles. The minimum Gasteiger partial charge on any atom is -0.497 e. The molecule has 3 aromatic rings. The number of halogens is 1. The fraction of sp³-hybridized carbons (Fsp3) is 0.320. The molecule has 0 spiro atoms. The van der Waals surface area contributed by atoms with E-state index < -0.39 is 0 Å². The van der Waals surface area contributed by atoms with Crippen molar-refractivity contribution in [3.05, 3.63) is 77.0 Å². The van der Waals surface area contributed by atoms with E-state index in [4.69, 9.17) is 9.72 Å². The minimum atomic E-state index is -0.254. The molecule has 1 aliphatic rings. The van der Waals surface area contributed by atoms with Gasteiger partial charge in [-0.05, 0) is 55.8 Å². The fourth-order valence-electron chi connectivity index (χ4n) is 4.04. The quantitative estimate of drug-likeness (QED) is 0.633. The molecule has 1 N–H and O–H groups in total. The van der Waals surface area contributed by atoms with Crippen molar-refractivity contribution in [2.24, 2.45) is 0 Å². The number of hydrogen-bond acceptors (Lipinski definition) is 5. The lowest BCUT2D eigenvalue weighted by molar-refractivity contribution is 0.208. The zero-order valence-electron chi connectivity index (χ0n) is 19.1. The highest BCUT2D eigenvalue weighted by molar-refractivity contribution is 5.89. The van der Waals surface area contributed by atoms with Crippen LogP contribution in [0.2, 0.25) is 0 Å². The van der Waals surface area contributed by atoms with Crippen molar-refractivity contribution in [2.75, 3.05) is 43.5 Å². The number of benzene rings is 2. The van der Waals surface area contributed by atoms with E-state index in [0.717, 1.165) is 34.1 Å². The van der Waals surface area contributed by atoms with Gasteiger partial charge in [-0.1, -0.05) is 12.1 Å². The normalized spacial score (nSPS) is 13.7. The molecule has 1 aliphatic heterocycles. The average Bonchev–Trinajstić information content (AvgIpc) is 2.81. The fourth-order valence-corrected chi connectivity index (χ4v) is 4.04. The van der Waals surface area contributed by atoms with Crippen LogP contribution in [0.4, 0.5) is 20.7 Å². The number of ether oxygens (including phenoxy) is 1. The SMILES string of the molecule is COc1ccc(NC(=O)N2CCN(c3nc(C)nc(C)c3Cc3cccc(F)c3)CC2)cc1. The van der Waals surface area contributed by atoms with Gasteiger partial charge in [0, 0.05) is 49.5 Å². The summed E-state index contributed by atoms with van der Waals surface area (Å²) in [6, 6.07) is 13.7. The van der Waals surface area contributed by atoms with E-state index in [9.17, 15) is 9.18 Å². The predicted octanol–water partition coefficient (Wildman–Crippen LogP) is 4.19. The molecule has 0 aliphatic carbocycles. The third-order valence-electron chi connectivity index (χ3n) is 5.78. The van der Waals surface area contributed by atoms with Gasteiger partial charge in [0.2, 0.25) is 0 Å². The zero-order valence-corrected chi connectivity index (χ0v) is 19.1. The first-order valence-corrected chi connectivity index (χ1v) is 11.0. The first-order valence-electron chi connectivity index (χ1n) is 11.0. The van der Waals surface area contributed by atoms with E-state index in [1.807, 2.05) is 44.2 Å². The number of nitrogens with zero attached hydrogens (tertiary/aromatic N) is 4. The van der Waals surface area contributed by atoms with Crippen LogP contribution in [0.25, 0.3) is 0 Å². The number of amides is 2. The number of rotatable bonds is 5. The smallest absolute Gasteiger partial charge is 0.321 e. The molecule has 4 rings (SSSR count). The summed E-state index contributed by atoms with van der Waals surface area (Å²) >= 11 is 0. The Balaban J connectivity index is 1.45. The summed E-state index contributed by atoms with van der Waals surface area (Å²) in [4.78, 5) is 26.0. The Labute approximate surface area is 193 Å². The first kappa shape index (κ1) is 22.5. The Morgan fingerprint density at radius 3 is 2.45 bits per heavy atom. The van der Waals surface area contributed by atoms with Gasteiger partial charge in [-0.15, -0.1) is 0 Å². The van der Waals surface area contributed by atoms with Crippen LogP contribution in [-0.4, -0.2) is 54.2 Å². The highest BCUT2D eigenvalue weighted by Crippen LogP contribution is 2.25. The van der Waals surface area contributed by atoms with E-state index in [0.29, 0.717) is 38.4 Å². The predicted molar refractivity (Wildman–Crippen MR) is 127 cm³/mol. The van der Waals surface area contributed by atoms with Crippen LogP contribution in [0.1, 0.15) is 22.6 Å². The molecule has 7 nitrogen and oxygen atoms in total. The molecule has 33 heavy (non-hydrogen) atoms. The molecule has 2 amide bonds. The van der Waals surface area contributed by atoms with Gasteiger partial charge in [0.1, 0.15) is 23.2 Å².